The average Bonchev–Trinajstić information content (AvgIpc) is 2.82. The predicted octanol–water partition coefficient (Wildman–Crippen LogP) is 5.73. The van der Waals surface area contributed by atoms with Crippen molar-refractivity contribution in [1.29, 1.82) is 0 Å². The third kappa shape index (κ3) is 4.28. The second-order valence-corrected chi connectivity index (χ2v) is 7.08. The van der Waals surface area contributed by atoms with Crippen LogP contribution in [0.4, 0.5) is 5.69 Å². The third-order valence-corrected chi connectivity index (χ3v) is 5.14. The second kappa shape index (κ2) is 8.75. The SMILES string of the molecule is CCc1ccc(-c2cc(C(=O)OCc3ccccc3[N+](=O)[O-])c3ccccc3n2)cc1. The first-order chi connectivity index (χ1) is 15.1. The number of hydrogen-bond acceptors (Lipinski definition) is 5. The van der Waals surface area contributed by atoms with Gasteiger partial charge in [0.1, 0.15) is 6.61 Å². The number of nitro benzene ring substituents is 1. The van der Waals surface area contributed by atoms with Gasteiger partial charge in [0.15, 0.2) is 0 Å². The van der Waals surface area contributed by atoms with Gasteiger partial charge in [0.25, 0.3) is 5.69 Å². The van der Waals surface area contributed by atoms with E-state index in [1.807, 2.05) is 48.5 Å². The molecule has 0 atom stereocenters. The van der Waals surface area contributed by atoms with Crippen LogP contribution in [-0.2, 0) is 17.8 Å². The largest absolute Gasteiger partial charge is 0.457 e. The molecule has 0 N–H and O–H groups in total. The molecule has 0 amide bonds. The maximum Gasteiger partial charge on any atom is 0.339 e. The summed E-state index contributed by atoms with van der Waals surface area (Å²) < 4.78 is 5.47. The molecule has 0 aliphatic rings. The molecule has 0 fully saturated rings. The highest BCUT2D eigenvalue weighted by Gasteiger charge is 2.18. The molecular formula is C25H20N2O4. The predicted molar refractivity (Wildman–Crippen MR) is 119 cm³/mol. The molecule has 31 heavy (non-hydrogen) atoms. The Morgan fingerprint density at radius 3 is 2.45 bits per heavy atom. The summed E-state index contributed by atoms with van der Waals surface area (Å²) in [6.45, 7) is 1.90. The lowest BCUT2D eigenvalue weighted by molar-refractivity contribution is -0.385. The van der Waals surface area contributed by atoms with Crippen molar-refractivity contribution in [3.8, 4) is 11.3 Å². The summed E-state index contributed by atoms with van der Waals surface area (Å²) in [6, 6.07) is 23.3. The molecule has 0 spiro atoms. The van der Waals surface area contributed by atoms with Gasteiger partial charge in [0, 0.05) is 17.0 Å². The fourth-order valence-electron chi connectivity index (χ4n) is 3.44. The zero-order valence-electron chi connectivity index (χ0n) is 16.9. The van der Waals surface area contributed by atoms with Crippen LogP contribution in [-0.4, -0.2) is 15.9 Å². The van der Waals surface area contributed by atoms with Gasteiger partial charge < -0.3 is 4.74 Å². The molecule has 1 aromatic heterocycles. The Balaban J connectivity index is 1.69. The Labute approximate surface area is 179 Å². The Hall–Kier alpha value is -4.06. The molecule has 0 unspecified atom stereocenters. The number of fused-ring (bicyclic) bond motifs is 1. The van der Waals surface area contributed by atoms with Gasteiger partial charge in [-0.1, -0.05) is 61.5 Å². The molecule has 0 bridgehead atoms. The Bertz CT molecular complexity index is 1270. The number of hydrogen-bond donors (Lipinski definition) is 0. The van der Waals surface area contributed by atoms with E-state index in [2.05, 4.69) is 6.92 Å². The van der Waals surface area contributed by atoms with Crippen LogP contribution in [0.5, 0.6) is 0 Å². The number of esters is 1. The number of carbonyl (C=O) groups is 1. The average molecular weight is 412 g/mol. The quantitative estimate of drug-likeness (QED) is 0.229. The highest BCUT2D eigenvalue weighted by atomic mass is 16.6. The van der Waals surface area contributed by atoms with Crippen molar-refractivity contribution in [2.24, 2.45) is 0 Å². The van der Waals surface area contributed by atoms with Gasteiger partial charge in [0.2, 0.25) is 0 Å². The number of carbonyl (C=O) groups excluding carboxylic acids is 1. The summed E-state index contributed by atoms with van der Waals surface area (Å²) in [6.07, 6.45) is 0.939. The summed E-state index contributed by atoms with van der Waals surface area (Å²) in [7, 11) is 0. The van der Waals surface area contributed by atoms with Gasteiger partial charge in [-0.2, -0.15) is 0 Å². The van der Waals surface area contributed by atoms with E-state index in [9.17, 15) is 14.9 Å². The molecule has 0 radical (unpaired) electrons. The first-order valence-electron chi connectivity index (χ1n) is 9.95. The highest BCUT2D eigenvalue weighted by molar-refractivity contribution is 6.04. The van der Waals surface area contributed by atoms with Crippen LogP contribution >= 0.6 is 0 Å². The lowest BCUT2D eigenvalue weighted by Crippen LogP contribution is -2.08. The topological polar surface area (TPSA) is 82.3 Å². The molecule has 4 aromatic rings. The summed E-state index contributed by atoms with van der Waals surface area (Å²) in [5.74, 6) is -0.553. The maximum absolute atomic E-state index is 13.0. The first-order valence-corrected chi connectivity index (χ1v) is 9.95. The molecule has 6 nitrogen and oxygen atoms in total. The molecule has 6 heteroatoms. The summed E-state index contributed by atoms with van der Waals surface area (Å²) >= 11 is 0. The Morgan fingerprint density at radius 1 is 1.00 bits per heavy atom. The molecule has 154 valence electrons. The van der Waals surface area contributed by atoms with E-state index < -0.39 is 10.9 Å². The number of aromatic nitrogens is 1. The Morgan fingerprint density at radius 2 is 1.71 bits per heavy atom. The standard InChI is InChI=1S/C25H20N2O4/c1-2-17-11-13-18(14-12-17)23-15-21(20-8-4-5-9-22(20)26-23)25(28)31-16-19-7-3-6-10-24(19)27(29)30/h3-15H,2,16H2,1H3. The molecule has 1 heterocycles. The minimum atomic E-state index is -0.553. The lowest BCUT2D eigenvalue weighted by Gasteiger charge is -2.11. The zero-order valence-corrected chi connectivity index (χ0v) is 16.9. The van der Waals surface area contributed by atoms with Crippen LogP contribution in [0.1, 0.15) is 28.4 Å². The van der Waals surface area contributed by atoms with Gasteiger partial charge in [-0.25, -0.2) is 9.78 Å². The van der Waals surface area contributed by atoms with E-state index in [0.29, 0.717) is 27.7 Å². The van der Waals surface area contributed by atoms with Crippen molar-refractivity contribution < 1.29 is 14.5 Å². The summed E-state index contributed by atoms with van der Waals surface area (Å²) in [4.78, 5) is 28.4. The number of para-hydroxylation sites is 2. The van der Waals surface area contributed by atoms with Gasteiger partial charge in [-0.3, -0.25) is 10.1 Å². The second-order valence-electron chi connectivity index (χ2n) is 7.08. The number of ether oxygens (including phenoxy) is 1. The number of benzene rings is 3. The third-order valence-electron chi connectivity index (χ3n) is 5.14. The highest BCUT2D eigenvalue weighted by Crippen LogP contribution is 2.27. The lowest BCUT2D eigenvalue weighted by atomic mass is 10.0. The molecule has 0 saturated heterocycles. The van der Waals surface area contributed by atoms with Gasteiger partial charge in [-0.15, -0.1) is 0 Å². The fraction of sp³-hybridized carbons (Fsp3) is 0.120. The van der Waals surface area contributed by atoms with E-state index in [-0.39, 0.29) is 12.3 Å². The van der Waals surface area contributed by atoms with E-state index >= 15 is 0 Å². The van der Waals surface area contributed by atoms with Crippen molar-refractivity contribution in [3.63, 3.8) is 0 Å². The Kier molecular flexibility index (Phi) is 5.71. The minimum absolute atomic E-state index is 0.0772. The monoisotopic (exact) mass is 412 g/mol. The van der Waals surface area contributed by atoms with E-state index in [4.69, 9.17) is 9.72 Å². The number of aryl methyl sites for hydroxylation is 1. The van der Waals surface area contributed by atoms with Gasteiger partial charge in [-0.05, 0) is 30.2 Å². The molecule has 0 saturated carbocycles. The van der Waals surface area contributed by atoms with Crippen molar-refractivity contribution in [1.82, 2.24) is 4.98 Å². The zero-order chi connectivity index (χ0) is 21.8. The van der Waals surface area contributed by atoms with Gasteiger partial charge >= 0.3 is 5.97 Å². The van der Waals surface area contributed by atoms with Crippen molar-refractivity contribution in [2.45, 2.75) is 20.0 Å². The van der Waals surface area contributed by atoms with Gasteiger partial charge in [0.05, 0.1) is 27.3 Å². The van der Waals surface area contributed by atoms with Crippen LogP contribution in [0.15, 0.2) is 78.9 Å². The van der Waals surface area contributed by atoms with Crippen LogP contribution in [0.25, 0.3) is 22.2 Å². The molecule has 4 rings (SSSR count). The molecular weight excluding hydrogens is 392 g/mol. The van der Waals surface area contributed by atoms with Crippen molar-refractivity contribution >= 4 is 22.6 Å². The minimum Gasteiger partial charge on any atom is -0.457 e. The van der Waals surface area contributed by atoms with Crippen LogP contribution in [0, 0.1) is 10.1 Å². The number of rotatable bonds is 6. The normalized spacial score (nSPS) is 10.7. The van der Waals surface area contributed by atoms with E-state index in [1.54, 1.807) is 24.3 Å². The fourth-order valence-corrected chi connectivity index (χ4v) is 3.44. The molecule has 0 aliphatic carbocycles. The van der Waals surface area contributed by atoms with Crippen molar-refractivity contribution in [3.05, 3.63) is 106 Å². The number of pyridine rings is 1. The van der Waals surface area contributed by atoms with E-state index in [1.165, 1.54) is 11.6 Å². The summed E-state index contributed by atoms with van der Waals surface area (Å²) in [5.41, 5.74) is 4.10. The van der Waals surface area contributed by atoms with E-state index in [0.717, 1.165) is 12.0 Å². The van der Waals surface area contributed by atoms with Crippen LogP contribution in [0.2, 0.25) is 0 Å². The van der Waals surface area contributed by atoms with Crippen LogP contribution < -0.4 is 0 Å². The van der Waals surface area contributed by atoms with Crippen molar-refractivity contribution in [2.75, 3.05) is 0 Å². The number of nitro groups is 1. The number of nitrogens with zero attached hydrogens (tertiary/aromatic N) is 2. The maximum atomic E-state index is 13.0. The van der Waals surface area contributed by atoms with Crippen LogP contribution in [0.3, 0.4) is 0 Å². The smallest absolute Gasteiger partial charge is 0.339 e. The molecule has 3 aromatic carbocycles. The first kappa shape index (κ1) is 20.2. The summed E-state index contributed by atoms with van der Waals surface area (Å²) in [5, 5.41) is 11.9. The molecule has 0 aliphatic heterocycles.